The predicted molar refractivity (Wildman–Crippen MR) is 130 cm³/mol. The van der Waals surface area contributed by atoms with Gasteiger partial charge >= 0.3 is 0 Å². The van der Waals surface area contributed by atoms with Gasteiger partial charge in [-0.2, -0.15) is 5.10 Å². The Hall–Kier alpha value is -4.38. The van der Waals surface area contributed by atoms with Crippen molar-refractivity contribution in [1.82, 2.24) is 20.2 Å². The van der Waals surface area contributed by atoms with Gasteiger partial charge in [-0.1, -0.05) is 36.4 Å². The van der Waals surface area contributed by atoms with E-state index in [9.17, 15) is 0 Å². The monoisotopic (exact) mass is 418 g/mol. The number of nitrogens with zero attached hydrogens (tertiary/aromatic N) is 2. The molecule has 0 bridgehead atoms. The Kier molecular flexibility index (Phi) is 5.62. The van der Waals surface area contributed by atoms with Crippen molar-refractivity contribution in [3.63, 3.8) is 0 Å². The van der Waals surface area contributed by atoms with Crippen molar-refractivity contribution in [2.75, 3.05) is 0 Å². The molecule has 0 aliphatic rings. The number of aromatic nitrogens is 4. The number of aromatic amines is 2. The molecule has 0 radical (unpaired) electrons. The van der Waals surface area contributed by atoms with Gasteiger partial charge in [0.05, 0.1) is 17.1 Å². The number of H-pyrrole nitrogens is 2. The summed E-state index contributed by atoms with van der Waals surface area (Å²) in [5, 5.41) is 8.64. The number of fused-ring (bicyclic) bond motifs is 1. The molecule has 0 unspecified atom stereocenters. The molecule has 32 heavy (non-hydrogen) atoms. The van der Waals surface area contributed by atoms with E-state index in [4.69, 9.17) is 4.74 Å². The van der Waals surface area contributed by atoms with Gasteiger partial charge in [-0.15, -0.1) is 0 Å². The molecule has 0 spiro atoms. The van der Waals surface area contributed by atoms with E-state index in [0.29, 0.717) is 6.61 Å². The number of benzene rings is 2. The average molecular weight is 419 g/mol. The Morgan fingerprint density at radius 2 is 1.75 bits per heavy atom. The molecule has 5 rings (SSSR count). The van der Waals surface area contributed by atoms with Gasteiger partial charge in [0.2, 0.25) is 0 Å². The van der Waals surface area contributed by atoms with Crippen LogP contribution in [0, 0.1) is 0 Å². The topological polar surface area (TPSA) is 66.6 Å². The second-order valence-corrected chi connectivity index (χ2v) is 7.42. The van der Waals surface area contributed by atoms with Gasteiger partial charge in [0, 0.05) is 17.9 Å². The summed E-state index contributed by atoms with van der Waals surface area (Å²) >= 11 is 0. The van der Waals surface area contributed by atoms with E-state index < -0.39 is 0 Å². The number of hydrogen-bond donors (Lipinski definition) is 2. The Labute approximate surface area is 186 Å². The largest absolute Gasteiger partial charge is 0.487 e. The van der Waals surface area contributed by atoms with Crippen LogP contribution >= 0.6 is 0 Å². The summed E-state index contributed by atoms with van der Waals surface area (Å²) in [5.41, 5.74) is 6.05. The smallest absolute Gasteiger partial charge is 0.130 e. The van der Waals surface area contributed by atoms with Crippen molar-refractivity contribution < 1.29 is 4.74 Å². The van der Waals surface area contributed by atoms with Crippen LogP contribution < -0.4 is 4.74 Å². The lowest BCUT2D eigenvalue weighted by atomic mass is 10.1. The first-order chi connectivity index (χ1) is 15.8. The second-order valence-electron chi connectivity index (χ2n) is 7.42. The van der Waals surface area contributed by atoms with E-state index in [1.807, 2.05) is 73.0 Å². The lowest BCUT2D eigenvalue weighted by molar-refractivity contribution is 0.301. The molecule has 0 saturated carbocycles. The minimum absolute atomic E-state index is 0.446. The highest BCUT2D eigenvalue weighted by atomic mass is 16.5. The third-order valence-corrected chi connectivity index (χ3v) is 5.07. The first kappa shape index (κ1) is 19.6. The van der Waals surface area contributed by atoms with Gasteiger partial charge in [-0.3, -0.25) is 10.1 Å². The number of hydrogen-bond acceptors (Lipinski definition) is 3. The Morgan fingerprint density at radius 1 is 0.812 bits per heavy atom. The van der Waals surface area contributed by atoms with E-state index >= 15 is 0 Å². The van der Waals surface area contributed by atoms with Crippen LogP contribution in [0.15, 0.2) is 85.2 Å². The number of pyridine rings is 1. The highest BCUT2D eigenvalue weighted by Crippen LogP contribution is 2.18. The minimum atomic E-state index is 0.446. The van der Waals surface area contributed by atoms with Gasteiger partial charge in [0.15, 0.2) is 0 Å². The first-order valence-electron chi connectivity index (χ1n) is 10.4. The summed E-state index contributed by atoms with van der Waals surface area (Å²) in [6.07, 6.45) is 11.8. The van der Waals surface area contributed by atoms with Crippen molar-refractivity contribution in [3.8, 4) is 5.75 Å². The van der Waals surface area contributed by atoms with Crippen LogP contribution in [0.5, 0.6) is 5.75 Å². The summed E-state index contributed by atoms with van der Waals surface area (Å²) < 4.78 is 5.86. The predicted octanol–water partition coefficient (Wildman–Crippen LogP) is 6.21. The molecule has 5 heteroatoms. The molecule has 0 saturated heterocycles. The quantitative estimate of drug-likeness (QED) is 0.330. The number of rotatable bonds is 7. The number of nitrogens with one attached hydrogen (secondary N) is 2. The SMILES string of the molecule is C(=C\c1cc(/C=C/c2ccc3[nH]ccc3c2)n[nH]1)/c1cccc(OCc2ccccn2)c1. The first-order valence-corrected chi connectivity index (χ1v) is 10.4. The molecule has 3 aromatic heterocycles. The summed E-state index contributed by atoms with van der Waals surface area (Å²) in [5.74, 6) is 0.811. The van der Waals surface area contributed by atoms with Gasteiger partial charge in [0.1, 0.15) is 12.4 Å². The molecule has 156 valence electrons. The number of ether oxygens (including phenoxy) is 1. The molecule has 0 fully saturated rings. The fourth-order valence-electron chi connectivity index (χ4n) is 3.42. The molecule has 3 heterocycles. The van der Waals surface area contributed by atoms with Crippen LogP contribution in [0.2, 0.25) is 0 Å². The maximum atomic E-state index is 5.86. The maximum absolute atomic E-state index is 5.86. The highest BCUT2D eigenvalue weighted by molar-refractivity contribution is 5.83. The highest BCUT2D eigenvalue weighted by Gasteiger charge is 1.99. The zero-order chi connectivity index (χ0) is 21.6. The molecule has 5 aromatic rings. The van der Waals surface area contributed by atoms with Gasteiger partial charge in [0.25, 0.3) is 0 Å². The van der Waals surface area contributed by atoms with E-state index in [-0.39, 0.29) is 0 Å². The van der Waals surface area contributed by atoms with Crippen molar-refractivity contribution in [3.05, 3.63) is 113 Å². The molecule has 0 aliphatic carbocycles. The van der Waals surface area contributed by atoms with Crippen molar-refractivity contribution in [1.29, 1.82) is 0 Å². The molecule has 2 N–H and O–H groups in total. The Bertz CT molecular complexity index is 1380. The van der Waals surface area contributed by atoms with Gasteiger partial charge in [-0.05, 0) is 77.2 Å². The second kappa shape index (κ2) is 9.18. The van der Waals surface area contributed by atoms with Crippen molar-refractivity contribution >= 4 is 35.2 Å². The third-order valence-electron chi connectivity index (χ3n) is 5.07. The van der Waals surface area contributed by atoms with E-state index in [0.717, 1.165) is 39.5 Å². The standard InChI is InChI=1S/C27H22N4O/c1-2-14-28-25(5-1)19-32-26-6-3-4-20(17-26)7-10-23-18-24(31-30-23)11-8-21-9-12-27-22(16-21)13-15-29-27/h1-18,29H,19H2,(H,30,31)/b10-7+,11-8+. The van der Waals surface area contributed by atoms with Crippen molar-refractivity contribution in [2.45, 2.75) is 6.61 Å². The molecular formula is C27H22N4O. The Morgan fingerprint density at radius 3 is 2.69 bits per heavy atom. The fourth-order valence-corrected chi connectivity index (χ4v) is 3.42. The molecule has 0 aliphatic heterocycles. The minimum Gasteiger partial charge on any atom is -0.487 e. The average Bonchev–Trinajstić information content (AvgIpc) is 3.50. The summed E-state index contributed by atoms with van der Waals surface area (Å²) in [4.78, 5) is 7.49. The van der Waals surface area contributed by atoms with E-state index in [1.165, 1.54) is 5.39 Å². The van der Waals surface area contributed by atoms with Gasteiger partial charge < -0.3 is 9.72 Å². The molecule has 0 atom stereocenters. The molecule has 5 nitrogen and oxygen atoms in total. The maximum Gasteiger partial charge on any atom is 0.130 e. The van der Waals surface area contributed by atoms with Crippen molar-refractivity contribution in [2.24, 2.45) is 0 Å². The summed E-state index contributed by atoms with van der Waals surface area (Å²) in [6, 6.07) is 24.2. The van der Waals surface area contributed by atoms with Crippen LogP contribution in [-0.4, -0.2) is 20.2 Å². The third kappa shape index (κ3) is 4.84. The zero-order valence-electron chi connectivity index (χ0n) is 17.4. The molecule has 0 amide bonds. The fraction of sp³-hybridized carbons (Fsp3) is 0.0370. The van der Waals surface area contributed by atoms with Crippen LogP contribution in [0.3, 0.4) is 0 Å². The van der Waals surface area contributed by atoms with Crippen LogP contribution in [0.4, 0.5) is 0 Å². The lowest BCUT2D eigenvalue weighted by Crippen LogP contribution is -1.97. The van der Waals surface area contributed by atoms with E-state index in [1.54, 1.807) is 6.20 Å². The Balaban J connectivity index is 1.22. The van der Waals surface area contributed by atoms with Crippen LogP contribution in [-0.2, 0) is 6.61 Å². The van der Waals surface area contributed by atoms with Crippen LogP contribution in [0.25, 0.3) is 35.2 Å². The summed E-state index contributed by atoms with van der Waals surface area (Å²) in [6.45, 7) is 0.446. The van der Waals surface area contributed by atoms with Crippen LogP contribution in [0.1, 0.15) is 28.2 Å². The zero-order valence-corrected chi connectivity index (χ0v) is 17.4. The van der Waals surface area contributed by atoms with Gasteiger partial charge in [-0.25, -0.2) is 0 Å². The molecular weight excluding hydrogens is 396 g/mol. The summed E-state index contributed by atoms with van der Waals surface area (Å²) in [7, 11) is 0. The van der Waals surface area contributed by atoms with E-state index in [2.05, 4.69) is 50.5 Å². The molecule has 2 aromatic carbocycles. The lowest BCUT2D eigenvalue weighted by Gasteiger charge is -2.06. The normalized spacial score (nSPS) is 11.6.